The zero-order valence-electron chi connectivity index (χ0n) is 17.4. The van der Waals surface area contributed by atoms with Crippen LogP contribution in [-0.2, 0) is 6.42 Å². The Hall–Kier alpha value is -2.49. The zero-order valence-corrected chi connectivity index (χ0v) is 19.8. The molecule has 1 aliphatic heterocycles. The average molecular weight is 499 g/mol. The lowest BCUT2D eigenvalue weighted by Gasteiger charge is -2.33. The Bertz CT molecular complexity index is 1140. The molecule has 9 heteroatoms. The minimum atomic E-state index is 0.327. The second kappa shape index (κ2) is 8.57. The first-order valence-corrected chi connectivity index (χ1v) is 11.8. The molecule has 1 aromatic carbocycles. The molecule has 1 saturated heterocycles. The third kappa shape index (κ3) is 4.73. The van der Waals surface area contributed by atoms with Crippen molar-refractivity contribution >= 4 is 50.1 Å². The van der Waals surface area contributed by atoms with E-state index in [0.717, 1.165) is 53.1 Å². The molecule has 0 amide bonds. The summed E-state index contributed by atoms with van der Waals surface area (Å²) in [6, 6.07) is 8.45. The predicted octanol–water partition coefficient (Wildman–Crippen LogP) is 4.94. The fourth-order valence-electron chi connectivity index (χ4n) is 3.80. The standard InChI is InChI=1S/C22H23BrN6OS/c1-14-9-15-3-4-17(11-16(15)10-14)30-21-25-19(26-22-24-13-18(23)31-22)12-20(27-21)29-7-5-28(2)6-8-29/h3-4,10-13H,5-9H2,1-2H3,(H,24,25,26,27). The third-order valence-corrected chi connectivity index (χ3v) is 6.82. The second-order valence-electron chi connectivity index (χ2n) is 7.91. The molecule has 0 unspecified atom stereocenters. The third-order valence-electron chi connectivity index (χ3n) is 5.43. The van der Waals surface area contributed by atoms with Crippen molar-refractivity contribution in [1.82, 2.24) is 19.9 Å². The molecule has 2 aromatic heterocycles. The van der Waals surface area contributed by atoms with Crippen molar-refractivity contribution in [3.8, 4) is 11.8 Å². The highest BCUT2D eigenvalue weighted by atomic mass is 79.9. The van der Waals surface area contributed by atoms with Crippen LogP contribution in [0.4, 0.5) is 16.8 Å². The number of ether oxygens (including phenoxy) is 1. The van der Waals surface area contributed by atoms with Crippen molar-refractivity contribution in [3.63, 3.8) is 0 Å². The molecule has 0 atom stereocenters. The molecule has 0 bridgehead atoms. The number of piperazine rings is 1. The van der Waals surface area contributed by atoms with Crippen molar-refractivity contribution in [2.75, 3.05) is 43.4 Å². The number of hydrogen-bond acceptors (Lipinski definition) is 8. The predicted molar refractivity (Wildman–Crippen MR) is 129 cm³/mol. The van der Waals surface area contributed by atoms with Crippen LogP contribution in [0.25, 0.3) is 6.08 Å². The fourth-order valence-corrected chi connectivity index (χ4v) is 4.91. The van der Waals surface area contributed by atoms with Crippen molar-refractivity contribution in [2.24, 2.45) is 0 Å². The number of anilines is 3. The van der Waals surface area contributed by atoms with Gasteiger partial charge in [0.05, 0.1) is 9.98 Å². The highest BCUT2D eigenvalue weighted by Gasteiger charge is 2.19. The van der Waals surface area contributed by atoms with Crippen LogP contribution in [0.1, 0.15) is 18.1 Å². The number of nitrogens with one attached hydrogen (secondary N) is 1. The number of allylic oxidation sites excluding steroid dienone is 1. The van der Waals surface area contributed by atoms with E-state index >= 15 is 0 Å². The highest BCUT2D eigenvalue weighted by molar-refractivity contribution is 9.11. The Balaban J connectivity index is 1.44. The molecule has 1 fully saturated rings. The van der Waals surface area contributed by atoms with Crippen LogP contribution in [0.2, 0.25) is 0 Å². The maximum absolute atomic E-state index is 6.12. The van der Waals surface area contributed by atoms with E-state index in [4.69, 9.17) is 9.72 Å². The lowest BCUT2D eigenvalue weighted by Crippen LogP contribution is -2.44. The minimum Gasteiger partial charge on any atom is -0.424 e. The first kappa shape index (κ1) is 20.4. The summed E-state index contributed by atoms with van der Waals surface area (Å²) in [5.41, 5.74) is 3.89. The van der Waals surface area contributed by atoms with Crippen molar-refractivity contribution < 1.29 is 4.74 Å². The van der Waals surface area contributed by atoms with Crippen LogP contribution in [0.15, 0.2) is 39.8 Å². The number of likely N-dealkylation sites (N-methyl/N-ethyl adjacent to an activating group) is 1. The van der Waals surface area contributed by atoms with Crippen molar-refractivity contribution in [1.29, 1.82) is 0 Å². The number of thiazole rings is 1. The molecule has 1 aliphatic carbocycles. The van der Waals surface area contributed by atoms with Crippen LogP contribution in [-0.4, -0.2) is 53.1 Å². The molecule has 31 heavy (non-hydrogen) atoms. The number of hydrogen-bond donors (Lipinski definition) is 1. The van der Waals surface area contributed by atoms with Gasteiger partial charge in [-0.25, -0.2) is 4.98 Å². The van der Waals surface area contributed by atoms with Crippen LogP contribution >= 0.6 is 27.3 Å². The van der Waals surface area contributed by atoms with Crippen LogP contribution in [0, 0.1) is 0 Å². The number of rotatable bonds is 5. The SMILES string of the molecule is CC1=Cc2cc(Oc3nc(Nc4ncc(Br)s4)cc(N4CCN(C)CC4)n3)ccc2C1. The van der Waals surface area contributed by atoms with E-state index in [-0.39, 0.29) is 0 Å². The lowest BCUT2D eigenvalue weighted by molar-refractivity contribution is 0.311. The Kier molecular flexibility index (Phi) is 5.64. The first-order chi connectivity index (χ1) is 15.0. The Morgan fingerprint density at radius 3 is 2.74 bits per heavy atom. The van der Waals surface area contributed by atoms with Crippen LogP contribution in [0.3, 0.4) is 0 Å². The van der Waals surface area contributed by atoms with Gasteiger partial charge in [0.25, 0.3) is 0 Å². The van der Waals surface area contributed by atoms with Gasteiger partial charge in [0.15, 0.2) is 5.13 Å². The van der Waals surface area contributed by atoms with E-state index in [1.807, 2.05) is 12.1 Å². The van der Waals surface area contributed by atoms with Gasteiger partial charge in [-0.15, -0.1) is 0 Å². The van der Waals surface area contributed by atoms with Crippen LogP contribution in [0.5, 0.6) is 11.8 Å². The Morgan fingerprint density at radius 1 is 1.13 bits per heavy atom. The lowest BCUT2D eigenvalue weighted by atomic mass is 10.1. The Labute approximate surface area is 193 Å². The number of nitrogens with zero attached hydrogens (tertiary/aromatic N) is 5. The molecule has 2 aliphatic rings. The maximum Gasteiger partial charge on any atom is 0.325 e. The summed E-state index contributed by atoms with van der Waals surface area (Å²) in [4.78, 5) is 18.3. The quantitative estimate of drug-likeness (QED) is 0.533. The molecule has 3 aromatic rings. The van der Waals surface area contributed by atoms with Gasteiger partial charge < -0.3 is 19.9 Å². The van der Waals surface area contributed by atoms with Gasteiger partial charge in [0.1, 0.15) is 17.4 Å². The van der Waals surface area contributed by atoms with E-state index in [1.54, 1.807) is 6.20 Å². The Morgan fingerprint density at radius 2 is 1.97 bits per heavy atom. The number of aromatic nitrogens is 3. The number of benzene rings is 1. The van der Waals surface area contributed by atoms with Gasteiger partial charge in [0, 0.05) is 32.2 Å². The van der Waals surface area contributed by atoms with Gasteiger partial charge in [-0.3, -0.25) is 0 Å². The molecular formula is C22H23BrN6OS. The minimum absolute atomic E-state index is 0.327. The molecule has 5 rings (SSSR count). The summed E-state index contributed by atoms with van der Waals surface area (Å²) in [6.07, 6.45) is 4.98. The van der Waals surface area contributed by atoms with Gasteiger partial charge >= 0.3 is 6.01 Å². The molecule has 7 nitrogen and oxygen atoms in total. The van der Waals surface area contributed by atoms with Gasteiger partial charge in [-0.1, -0.05) is 29.1 Å². The largest absolute Gasteiger partial charge is 0.424 e. The molecule has 0 spiro atoms. The van der Waals surface area contributed by atoms with Gasteiger partial charge in [0.2, 0.25) is 0 Å². The fraction of sp³-hybridized carbons (Fsp3) is 0.318. The summed E-state index contributed by atoms with van der Waals surface area (Å²) < 4.78 is 7.08. The average Bonchev–Trinajstić information content (AvgIpc) is 3.32. The summed E-state index contributed by atoms with van der Waals surface area (Å²) in [7, 11) is 2.14. The van der Waals surface area contributed by atoms with E-state index in [2.05, 4.69) is 73.2 Å². The molecule has 1 N–H and O–H groups in total. The molecular weight excluding hydrogens is 476 g/mol. The van der Waals surface area contributed by atoms with Crippen molar-refractivity contribution in [2.45, 2.75) is 13.3 Å². The van der Waals surface area contributed by atoms with Gasteiger partial charge in [-0.05, 0) is 59.6 Å². The summed E-state index contributed by atoms with van der Waals surface area (Å²) in [5, 5.41) is 4.05. The number of halogens is 1. The first-order valence-electron chi connectivity index (χ1n) is 10.2. The molecule has 160 valence electrons. The smallest absolute Gasteiger partial charge is 0.325 e. The van der Waals surface area contributed by atoms with Crippen LogP contribution < -0.4 is 15.0 Å². The topological polar surface area (TPSA) is 66.4 Å². The molecule has 0 saturated carbocycles. The monoisotopic (exact) mass is 498 g/mol. The molecule has 0 radical (unpaired) electrons. The highest BCUT2D eigenvalue weighted by Crippen LogP contribution is 2.32. The van der Waals surface area contributed by atoms with E-state index in [9.17, 15) is 0 Å². The van der Waals surface area contributed by atoms with E-state index in [0.29, 0.717) is 11.8 Å². The summed E-state index contributed by atoms with van der Waals surface area (Å²) >= 11 is 4.97. The summed E-state index contributed by atoms with van der Waals surface area (Å²) in [5.74, 6) is 2.26. The maximum atomic E-state index is 6.12. The second-order valence-corrected chi connectivity index (χ2v) is 10.3. The van der Waals surface area contributed by atoms with Gasteiger partial charge in [-0.2, -0.15) is 9.97 Å². The zero-order chi connectivity index (χ0) is 21.4. The van der Waals surface area contributed by atoms with Crippen molar-refractivity contribution in [3.05, 3.63) is 50.9 Å². The van der Waals surface area contributed by atoms with E-state index < -0.39 is 0 Å². The normalized spacial score (nSPS) is 16.2. The summed E-state index contributed by atoms with van der Waals surface area (Å²) in [6.45, 7) is 5.98. The van der Waals surface area contributed by atoms with E-state index in [1.165, 1.54) is 28.0 Å². The molecule has 3 heterocycles. The number of fused-ring (bicyclic) bond motifs is 1.